The van der Waals surface area contributed by atoms with Crippen molar-refractivity contribution in [3.05, 3.63) is 41.6 Å². The molecule has 0 aromatic heterocycles. The molecule has 0 unspecified atom stereocenters. The molecule has 4 nitrogen and oxygen atoms in total. The fourth-order valence-corrected chi connectivity index (χ4v) is 1.31. The second kappa shape index (κ2) is 6.21. The Labute approximate surface area is 107 Å². The monoisotopic (exact) mass is 249 g/mol. The van der Waals surface area contributed by atoms with E-state index in [-0.39, 0.29) is 6.61 Å². The molecule has 0 bridgehead atoms. The lowest BCUT2D eigenvalue weighted by Gasteiger charge is -2.20. The zero-order valence-corrected chi connectivity index (χ0v) is 10.9. The summed E-state index contributed by atoms with van der Waals surface area (Å²) in [7, 11) is 0. The van der Waals surface area contributed by atoms with Crippen LogP contribution < -0.4 is 5.32 Å². The van der Waals surface area contributed by atoms with Crippen molar-refractivity contribution < 1.29 is 14.6 Å². The van der Waals surface area contributed by atoms with Crippen molar-refractivity contribution in [2.75, 3.05) is 6.61 Å². The van der Waals surface area contributed by atoms with Crippen molar-refractivity contribution in [3.8, 4) is 0 Å². The average Bonchev–Trinajstić information content (AvgIpc) is 2.27. The highest BCUT2D eigenvalue weighted by molar-refractivity contribution is 5.72. The van der Waals surface area contributed by atoms with Gasteiger partial charge in [-0.25, -0.2) is 4.79 Å². The fraction of sp³-hybridized carbons (Fsp3) is 0.357. The number of nitrogens with one attached hydrogen (secondary N) is 1. The Morgan fingerprint density at radius 2 is 1.94 bits per heavy atom. The highest BCUT2D eigenvalue weighted by Crippen LogP contribution is 2.08. The van der Waals surface area contributed by atoms with E-state index in [4.69, 9.17) is 4.74 Å². The number of ether oxygens (including phenoxy) is 1. The highest BCUT2D eigenvalue weighted by Gasteiger charge is 2.16. The Morgan fingerprint density at radius 3 is 2.44 bits per heavy atom. The van der Waals surface area contributed by atoms with Crippen LogP contribution in [0.4, 0.5) is 4.79 Å². The lowest BCUT2D eigenvalue weighted by Crippen LogP contribution is -2.32. The molecule has 1 aromatic rings. The lowest BCUT2D eigenvalue weighted by molar-refractivity contribution is 0.0539. The number of aliphatic hydroxyl groups is 1. The van der Waals surface area contributed by atoms with E-state index in [2.05, 4.69) is 5.32 Å². The molecule has 1 rings (SSSR count). The van der Waals surface area contributed by atoms with Crippen molar-refractivity contribution in [1.82, 2.24) is 5.32 Å². The normalized spacial score (nSPS) is 12.1. The van der Waals surface area contributed by atoms with Gasteiger partial charge in [0.25, 0.3) is 0 Å². The molecule has 0 heterocycles. The van der Waals surface area contributed by atoms with Gasteiger partial charge in [0, 0.05) is 5.70 Å². The van der Waals surface area contributed by atoms with E-state index in [0.717, 1.165) is 5.56 Å². The van der Waals surface area contributed by atoms with Crippen LogP contribution in [0.25, 0.3) is 6.08 Å². The molecule has 0 radical (unpaired) electrons. The Morgan fingerprint density at radius 1 is 1.33 bits per heavy atom. The Balaban J connectivity index is 2.68. The van der Waals surface area contributed by atoms with Gasteiger partial charge in [0.2, 0.25) is 0 Å². The van der Waals surface area contributed by atoms with Crippen LogP contribution in [0.3, 0.4) is 0 Å². The van der Waals surface area contributed by atoms with Crippen molar-refractivity contribution in [1.29, 1.82) is 0 Å². The lowest BCUT2D eigenvalue weighted by atomic mass is 10.2. The average molecular weight is 249 g/mol. The predicted octanol–water partition coefficient (Wildman–Crippen LogP) is 2.54. The second-order valence-electron chi connectivity index (χ2n) is 4.87. The summed E-state index contributed by atoms with van der Waals surface area (Å²) in [5.41, 5.74) is 0.741. The van der Waals surface area contributed by atoms with Crippen LogP contribution >= 0.6 is 0 Å². The van der Waals surface area contributed by atoms with Gasteiger partial charge in [0.15, 0.2) is 0 Å². The summed E-state index contributed by atoms with van der Waals surface area (Å²) in [6, 6.07) is 9.43. The van der Waals surface area contributed by atoms with E-state index in [1.165, 1.54) is 0 Å². The molecular formula is C14H19NO3. The Hall–Kier alpha value is -1.81. The van der Waals surface area contributed by atoms with Crippen LogP contribution in [0.1, 0.15) is 26.3 Å². The number of hydrogen-bond acceptors (Lipinski definition) is 3. The first-order chi connectivity index (χ1) is 8.40. The molecular weight excluding hydrogens is 230 g/mol. The molecule has 0 spiro atoms. The largest absolute Gasteiger partial charge is 0.444 e. The molecule has 1 amide bonds. The van der Waals surface area contributed by atoms with Gasteiger partial charge in [-0.05, 0) is 32.4 Å². The maximum Gasteiger partial charge on any atom is 0.411 e. The van der Waals surface area contributed by atoms with Crippen molar-refractivity contribution in [3.63, 3.8) is 0 Å². The van der Waals surface area contributed by atoms with Crippen LogP contribution in [0.15, 0.2) is 36.0 Å². The minimum Gasteiger partial charge on any atom is -0.444 e. The summed E-state index contributed by atoms with van der Waals surface area (Å²) in [5, 5.41) is 11.7. The number of carbonyl (C=O) groups is 1. The van der Waals surface area contributed by atoms with E-state index in [0.29, 0.717) is 5.70 Å². The smallest absolute Gasteiger partial charge is 0.411 e. The number of hydrogen-bond donors (Lipinski definition) is 2. The van der Waals surface area contributed by atoms with E-state index >= 15 is 0 Å². The van der Waals surface area contributed by atoms with Crippen LogP contribution in [0, 0.1) is 0 Å². The first-order valence-electron chi connectivity index (χ1n) is 5.77. The summed E-state index contributed by atoms with van der Waals surface area (Å²) in [5.74, 6) is 0. The molecule has 98 valence electrons. The van der Waals surface area contributed by atoms with Crippen LogP contribution in [0.2, 0.25) is 0 Å². The molecule has 2 N–H and O–H groups in total. The van der Waals surface area contributed by atoms with Gasteiger partial charge in [-0.1, -0.05) is 30.3 Å². The summed E-state index contributed by atoms with van der Waals surface area (Å²) in [4.78, 5) is 11.5. The topological polar surface area (TPSA) is 58.6 Å². The molecule has 0 aliphatic heterocycles. The zero-order chi connectivity index (χ0) is 13.6. The van der Waals surface area contributed by atoms with Crippen molar-refractivity contribution in [2.24, 2.45) is 0 Å². The van der Waals surface area contributed by atoms with E-state index in [1.807, 2.05) is 30.3 Å². The zero-order valence-electron chi connectivity index (χ0n) is 10.9. The third-order valence-electron chi connectivity index (χ3n) is 1.97. The number of rotatable bonds is 3. The molecule has 0 fully saturated rings. The van der Waals surface area contributed by atoms with Crippen LogP contribution in [-0.2, 0) is 4.74 Å². The Bertz CT molecular complexity index is 418. The SMILES string of the molecule is CC(C)(C)OC(=O)N/C(=C\c1ccccc1)CO. The fourth-order valence-electron chi connectivity index (χ4n) is 1.31. The van der Waals surface area contributed by atoms with Gasteiger partial charge in [-0.3, -0.25) is 5.32 Å². The van der Waals surface area contributed by atoms with E-state index in [1.54, 1.807) is 26.8 Å². The maximum absolute atomic E-state index is 11.5. The van der Waals surface area contributed by atoms with Gasteiger partial charge >= 0.3 is 6.09 Å². The van der Waals surface area contributed by atoms with E-state index < -0.39 is 11.7 Å². The van der Waals surface area contributed by atoms with Crippen LogP contribution in [-0.4, -0.2) is 23.4 Å². The van der Waals surface area contributed by atoms with Crippen LogP contribution in [0.5, 0.6) is 0 Å². The number of amides is 1. The van der Waals surface area contributed by atoms with Gasteiger partial charge in [0.1, 0.15) is 5.60 Å². The van der Waals surface area contributed by atoms with Gasteiger partial charge < -0.3 is 9.84 Å². The third-order valence-corrected chi connectivity index (χ3v) is 1.97. The second-order valence-corrected chi connectivity index (χ2v) is 4.87. The molecule has 4 heteroatoms. The standard InChI is InChI=1S/C14H19NO3/c1-14(2,3)18-13(17)15-12(10-16)9-11-7-5-4-6-8-11/h4-9,16H,10H2,1-3H3,(H,15,17)/b12-9-. The Kier molecular flexibility index (Phi) is 4.92. The molecule has 0 aliphatic rings. The molecule has 0 saturated carbocycles. The van der Waals surface area contributed by atoms with Gasteiger partial charge in [-0.2, -0.15) is 0 Å². The molecule has 1 aromatic carbocycles. The number of aliphatic hydroxyl groups excluding tert-OH is 1. The maximum atomic E-state index is 11.5. The van der Waals surface area contributed by atoms with Crippen molar-refractivity contribution >= 4 is 12.2 Å². The summed E-state index contributed by atoms with van der Waals surface area (Å²) < 4.78 is 5.11. The number of benzene rings is 1. The minimum absolute atomic E-state index is 0.256. The first kappa shape index (κ1) is 14.3. The van der Waals surface area contributed by atoms with Gasteiger partial charge in [0.05, 0.1) is 6.61 Å². The van der Waals surface area contributed by atoms with Crippen molar-refractivity contribution in [2.45, 2.75) is 26.4 Å². The predicted molar refractivity (Wildman–Crippen MR) is 70.9 cm³/mol. The first-order valence-corrected chi connectivity index (χ1v) is 5.77. The quantitative estimate of drug-likeness (QED) is 0.865. The highest BCUT2D eigenvalue weighted by atomic mass is 16.6. The summed E-state index contributed by atoms with van der Waals surface area (Å²) >= 11 is 0. The molecule has 18 heavy (non-hydrogen) atoms. The minimum atomic E-state index is -0.571. The molecule has 0 atom stereocenters. The van der Waals surface area contributed by atoms with E-state index in [9.17, 15) is 9.90 Å². The van der Waals surface area contributed by atoms with Gasteiger partial charge in [-0.15, -0.1) is 0 Å². The third kappa shape index (κ3) is 5.50. The number of alkyl carbamates (subject to hydrolysis) is 1. The number of carbonyl (C=O) groups excluding carboxylic acids is 1. The molecule has 0 aliphatic carbocycles. The summed E-state index contributed by atoms with van der Waals surface area (Å²) in [6.45, 7) is 5.10. The summed E-state index contributed by atoms with van der Waals surface area (Å²) in [6.07, 6.45) is 1.13. The molecule has 0 saturated heterocycles.